The van der Waals surface area contributed by atoms with Crippen LogP contribution in [0.3, 0.4) is 0 Å². The molecule has 6 heteroatoms. The molecule has 4 nitrogen and oxygen atoms in total. The zero-order valence-electron chi connectivity index (χ0n) is 9.61. The van der Waals surface area contributed by atoms with Crippen LogP contribution in [-0.2, 0) is 6.54 Å². The quantitative estimate of drug-likeness (QED) is 0.948. The molecule has 1 aromatic carbocycles. The van der Waals surface area contributed by atoms with Gasteiger partial charge in [-0.1, -0.05) is 15.9 Å². The highest BCUT2D eigenvalue weighted by Crippen LogP contribution is 2.39. The molecule has 3 rings (SSSR count). The first-order chi connectivity index (χ1) is 8.69. The summed E-state index contributed by atoms with van der Waals surface area (Å²) in [5.41, 5.74) is 6.38. The van der Waals surface area contributed by atoms with E-state index in [9.17, 15) is 4.39 Å². The van der Waals surface area contributed by atoms with Crippen LogP contribution in [0.1, 0.15) is 24.7 Å². The van der Waals surface area contributed by atoms with E-state index in [2.05, 4.69) is 26.1 Å². The molecule has 1 aliphatic carbocycles. The normalized spacial score (nSPS) is 15.1. The van der Waals surface area contributed by atoms with Crippen LogP contribution in [-0.4, -0.2) is 14.8 Å². The zero-order valence-corrected chi connectivity index (χ0v) is 11.2. The summed E-state index contributed by atoms with van der Waals surface area (Å²) in [7, 11) is 0. The maximum atomic E-state index is 13.4. The van der Waals surface area contributed by atoms with Crippen molar-refractivity contribution in [2.24, 2.45) is 5.73 Å². The Hall–Kier alpha value is -1.27. The Labute approximate surface area is 112 Å². The highest BCUT2D eigenvalue weighted by Gasteiger charge is 2.29. The van der Waals surface area contributed by atoms with Gasteiger partial charge >= 0.3 is 0 Å². The minimum atomic E-state index is -0.293. The molecule has 0 amide bonds. The second kappa shape index (κ2) is 4.44. The monoisotopic (exact) mass is 310 g/mol. The number of rotatable bonds is 3. The fourth-order valence-corrected chi connectivity index (χ4v) is 2.52. The number of halogens is 2. The Morgan fingerprint density at radius 3 is 2.72 bits per heavy atom. The highest BCUT2D eigenvalue weighted by atomic mass is 79.9. The third-order valence-electron chi connectivity index (χ3n) is 2.98. The lowest BCUT2D eigenvalue weighted by atomic mass is 10.2. The third kappa shape index (κ3) is 2.06. The highest BCUT2D eigenvalue weighted by molar-refractivity contribution is 9.10. The van der Waals surface area contributed by atoms with Crippen LogP contribution in [0.15, 0.2) is 22.7 Å². The van der Waals surface area contributed by atoms with Crippen molar-refractivity contribution in [1.82, 2.24) is 14.8 Å². The lowest BCUT2D eigenvalue weighted by Crippen LogP contribution is -2.08. The molecule has 0 aliphatic heterocycles. The van der Waals surface area contributed by atoms with Gasteiger partial charge in [-0.25, -0.2) is 4.39 Å². The number of aromatic nitrogens is 3. The van der Waals surface area contributed by atoms with Gasteiger partial charge in [0.2, 0.25) is 0 Å². The molecule has 1 heterocycles. The van der Waals surface area contributed by atoms with Gasteiger partial charge in [0.1, 0.15) is 11.6 Å². The van der Waals surface area contributed by atoms with E-state index in [0.717, 1.165) is 24.2 Å². The lowest BCUT2D eigenvalue weighted by Gasteiger charge is -2.08. The van der Waals surface area contributed by atoms with E-state index < -0.39 is 0 Å². The van der Waals surface area contributed by atoms with E-state index in [4.69, 9.17) is 5.73 Å². The van der Waals surface area contributed by atoms with Crippen LogP contribution in [0.5, 0.6) is 0 Å². The van der Waals surface area contributed by atoms with Crippen LogP contribution >= 0.6 is 15.9 Å². The van der Waals surface area contributed by atoms with Gasteiger partial charge in [-0.2, -0.15) is 0 Å². The first-order valence-electron chi connectivity index (χ1n) is 5.79. The molecule has 0 saturated heterocycles. The number of nitrogens with zero attached hydrogens (tertiary/aromatic N) is 3. The van der Waals surface area contributed by atoms with Crippen molar-refractivity contribution in [1.29, 1.82) is 0 Å². The van der Waals surface area contributed by atoms with Crippen LogP contribution in [0.4, 0.5) is 4.39 Å². The summed E-state index contributed by atoms with van der Waals surface area (Å²) >= 11 is 3.29. The van der Waals surface area contributed by atoms with Gasteiger partial charge in [-0.3, -0.25) is 0 Å². The molecule has 1 aromatic heterocycles. The molecule has 18 heavy (non-hydrogen) atoms. The van der Waals surface area contributed by atoms with Gasteiger partial charge in [0.15, 0.2) is 5.82 Å². The first-order valence-corrected chi connectivity index (χ1v) is 6.58. The minimum Gasteiger partial charge on any atom is -0.324 e. The molecule has 1 saturated carbocycles. The molecule has 2 aromatic rings. The largest absolute Gasteiger partial charge is 0.324 e. The molecule has 0 atom stereocenters. The molecule has 0 unspecified atom stereocenters. The second-order valence-corrected chi connectivity index (χ2v) is 5.32. The van der Waals surface area contributed by atoms with Crippen molar-refractivity contribution in [2.75, 3.05) is 0 Å². The molecule has 1 aliphatic rings. The van der Waals surface area contributed by atoms with Gasteiger partial charge in [0, 0.05) is 16.1 Å². The van der Waals surface area contributed by atoms with Crippen molar-refractivity contribution in [3.05, 3.63) is 34.3 Å². The fraction of sp³-hybridized carbons (Fsp3) is 0.333. The summed E-state index contributed by atoms with van der Waals surface area (Å²) < 4.78 is 16.2. The van der Waals surface area contributed by atoms with Gasteiger partial charge in [-0.15, -0.1) is 10.2 Å². The maximum Gasteiger partial charge on any atom is 0.164 e. The van der Waals surface area contributed by atoms with E-state index in [1.165, 1.54) is 12.1 Å². The smallest absolute Gasteiger partial charge is 0.164 e. The van der Waals surface area contributed by atoms with Crippen LogP contribution in [0.2, 0.25) is 0 Å². The topological polar surface area (TPSA) is 56.7 Å². The van der Waals surface area contributed by atoms with Crippen LogP contribution in [0.25, 0.3) is 11.4 Å². The predicted molar refractivity (Wildman–Crippen MR) is 69.3 cm³/mol. The van der Waals surface area contributed by atoms with E-state index >= 15 is 0 Å². The lowest BCUT2D eigenvalue weighted by molar-refractivity contribution is 0.626. The van der Waals surface area contributed by atoms with E-state index in [1.54, 1.807) is 0 Å². The van der Waals surface area contributed by atoms with Crippen molar-refractivity contribution in [3.8, 4) is 11.4 Å². The number of nitrogens with two attached hydrogens (primary N) is 1. The van der Waals surface area contributed by atoms with Gasteiger partial charge < -0.3 is 10.3 Å². The standard InChI is InChI=1S/C12H12BrFN4/c13-8-3-7(4-9(14)5-8)12-17-16-11(6-15)18(12)10-1-2-10/h3-5,10H,1-2,6,15H2. The van der Waals surface area contributed by atoms with Crippen LogP contribution in [0, 0.1) is 5.82 Å². The average molecular weight is 311 g/mol. The Balaban J connectivity index is 2.13. The van der Waals surface area contributed by atoms with Gasteiger partial charge in [0.05, 0.1) is 6.54 Å². The molecule has 0 bridgehead atoms. The molecule has 0 radical (unpaired) electrons. The Bertz CT molecular complexity index is 572. The molecule has 1 fully saturated rings. The summed E-state index contributed by atoms with van der Waals surface area (Å²) in [5, 5.41) is 8.23. The van der Waals surface area contributed by atoms with E-state index in [1.807, 2.05) is 10.6 Å². The summed E-state index contributed by atoms with van der Waals surface area (Å²) in [4.78, 5) is 0. The van der Waals surface area contributed by atoms with Crippen molar-refractivity contribution in [2.45, 2.75) is 25.4 Å². The van der Waals surface area contributed by atoms with E-state index in [0.29, 0.717) is 22.9 Å². The molecular formula is C12H12BrFN4. The van der Waals surface area contributed by atoms with Crippen molar-refractivity contribution < 1.29 is 4.39 Å². The number of hydrogen-bond acceptors (Lipinski definition) is 3. The molecule has 0 spiro atoms. The second-order valence-electron chi connectivity index (χ2n) is 4.40. The Morgan fingerprint density at radius 2 is 2.11 bits per heavy atom. The SMILES string of the molecule is NCc1nnc(-c2cc(F)cc(Br)c2)n1C1CC1. The van der Waals surface area contributed by atoms with Crippen LogP contribution < -0.4 is 5.73 Å². The molecular weight excluding hydrogens is 299 g/mol. The fourth-order valence-electron chi connectivity index (χ4n) is 2.06. The van der Waals surface area contributed by atoms with Gasteiger partial charge in [-0.05, 0) is 31.0 Å². The zero-order chi connectivity index (χ0) is 12.7. The Morgan fingerprint density at radius 1 is 1.33 bits per heavy atom. The van der Waals surface area contributed by atoms with Crippen molar-refractivity contribution >= 4 is 15.9 Å². The minimum absolute atomic E-state index is 0.293. The third-order valence-corrected chi connectivity index (χ3v) is 3.44. The maximum absolute atomic E-state index is 13.4. The summed E-state index contributed by atoms with van der Waals surface area (Å²) in [6, 6.07) is 5.14. The summed E-state index contributed by atoms with van der Waals surface area (Å²) in [5.74, 6) is 1.16. The molecule has 2 N–H and O–H groups in total. The van der Waals surface area contributed by atoms with Gasteiger partial charge in [0.25, 0.3) is 0 Å². The average Bonchev–Trinajstić information content (AvgIpc) is 3.07. The molecule has 94 valence electrons. The number of benzene rings is 1. The van der Waals surface area contributed by atoms with Crippen molar-refractivity contribution in [3.63, 3.8) is 0 Å². The summed E-state index contributed by atoms with van der Waals surface area (Å²) in [6.07, 6.45) is 2.21. The van der Waals surface area contributed by atoms with E-state index in [-0.39, 0.29) is 5.82 Å². The number of hydrogen-bond donors (Lipinski definition) is 1. The Kier molecular flexibility index (Phi) is 2.91. The predicted octanol–water partition coefficient (Wildman–Crippen LogP) is 2.64. The first kappa shape index (κ1) is 11.8. The summed E-state index contributed by atoms with van der Waals surface area (Å²) in [6.45, 7) is 0.347.